The van der Waals surface area contributed by atoms with Crippen molar-refractivity contribution in [3.8, 4) is 34.2 Å². The molecule has 4 rings (SSSR count). The molecule has 0 bridgehead atoms. The van der Waals surface area contributed by atoms with Gasteiger partial charge in [-0.25, -0.2) is 4.98 Å². The minimum atomic E-state index is -0.365. The van der Waals surface area contributed by atoms with E-state index in [-0.39, 0.29) is 18.4 Å². The lowest BCUT2D eigenvalue weighted by Crippen LogP contribution is -2.38. The number of benzene rings is 3. The molecular formula is C29H30N4O5. The summed E-state index contributed by atoms with van der Waals surface area (Å²) in [6, 6.07) is 21.7. The van der Waals surface area contributed by atoms with E-state index < -0.39 is 0 Å². The number of carbonyl (C=O) groups excluding carboxylic acids is 2. The largest absolute Gasteiger partial charge is 0.497 e. The van der Waals surface area contributed by atoms with Crippen molar-refractivity contribution in [2.75, 3.05) is 39.7 Å². The molecule has 1 heterocycles. The first-order chi connectivity index (χ1) is 18.4. The molecule has 9 heteroatoms. The molecule has 0 unspecified atom stereocenters. The highest BCUT2D eigenvalue weighted by Gasteiger charge is 2.20. The van der Waals surface area contributed by atoms with Crippen molar-refractivity contribution in [1.29, 1.82) is 0 Å². The van der Waals surface area contributed by atoms with Gasteiger partial charge in [0.1, 0.15) is 23.8 Å². The molecule has 0 saturated carbocycles. The Balaban J connectivity index is 1.58. The second-order valence-electron chi connectivity index (χ2n) is 8.34. The van der Waals surface area contributed by atoms with Gasteiger partial charge in [0.05, 0.1) is 27.0 Å². The molecule has 3 aromatic carbocycles. The van der Waals surface area contributed by atoms with Crippen LogP contribution < -0.4 is 19.5 Å². The zero-order valence-electron chi connectivity index (χ0n) is 21.8. The summed E-state index contributed by atoms with van der Waals surface area (Å²) in [7, 11) is 4.78. The van der Waals surface area contributed by atoms with Crippen molar-refractivity contribution in [2.45, 2.75) is 6.92 Å². The lowest BCUT2D eigenvalue weighted by molar-refractivity contribution is -0.116. The van der Waals surface area contributed by atoms with E-state index in [1.807, 2.05) is 61.7 Å². The summed E-state index contributed by atoms with van der Waals surface area (Å²) >= 11 is 0. The van der Waals surface area contributed by atoms with Crippen molar-refractivity contribution >= 4 is 17.8 Å². The van der Waals surface area contributed by atoms with Crippen LogP contribution in [-0.4, -0.2) is 60.7 Å². The summed E-state index contributed by atoms with van der Waals surface area (Å²) in [5, 5.41) is 2.88. The number of nitrogens with zero attached hydrogens (tertiary/aromatic N) is 3. The number of rotatable bonds is 10. The van der Waals surface area contributed by atoms with Crippen LogP contribution in [0.5, 0.6) is 17.2 Å². The number of amides is 2. The van der Waals surface area contributed by atoms with E-state index in [9.17, 15) is 9.59 Å². The SMILES string of the molecule is CCN(CC(=O)Nc1nc(-c2ccc(OC)cc2)cn1-c1ccc(OC)cc1)C(=O)c1ccc(OC)cc1. The summed E-state index contributed by atoms with van der Waals surface area (Å²) < 4.78 is 17.5. The van der Waals surface area contributed by atoms with E-state index in [1.54, 1.807) is 50.2 Å². The smallest absolute Gasteiger partial charge is 0.254 e. The second kappa shape index (κ2) is 12.0. The van der Waals surface area contributed by atoms with E-state index in [0.29, 0.717) is 35.2 Å². The predicted octanol–water partition coefficient (Wildman–Crippen LogP) is 4.67. The third-order valence-corrected chi connectivity index (χ3v) is 6.03. The lowest BCUT2D eigenvalue weighted by Gasteiger charge is -2.20. The maximum absolute atomic E-state index is 13.1. The maximum atomic E-state index is 13.1. The molecule has 0 aliphatic rings. The number of aromatic nitrogens is 2. The fourth-order valence-corrected chi connectivity index (χ4v) is 3.89. The molecule has 9 nitrogen and oxygen atoms in total. The van der Waals surface area contributed by atoms with E-state index in [0.717, 1.165) is 17.0 Å². The van der Waals surface area contributed by atoms with Gasteiger partial charge in [-0.05, 0) is 79.7 Å². The van der Waals surface area contributed by atoms with Gasteiger partial charge in [0.15, 0.2) is 0 Å². The van der Waals surface area contributed by atoms with Crippen molar-refractivity contribution in [3.05, 3.63) is 84.6 Å². The second-order valence-corrected chi connectivity index (χ2v) is 8.34. The molecule has 0 saturated heterocycles. The Morgan fingerprint density at radius 2 is 1.34 bits per heavy atom. The molecule has 1 N–H and O–H groups in total. The summed E-state index contributed by atoms with van der Waals surface area (Å²) in [5.41, 5.74) is 2.79. The standard InChI is InChI=1S/C29H30N4O5/c1-5-32(28(35)21-8-14-24(37-3)15-9-21)19-27(34)31-29-30-26(20-6-12-23(36-2)13-7-20)18-33(29)22-10-16-25(38-4)17-11-22/h6-18H,5,19H2,1-4H3,(H,30,31,34). The van der Waals surface area contributed by atoms with Gasteiger partial charge < -0.3 is 19.1 Å². The van der Waals surface area contributed by atoms with Gasteiger partial charge in [0.2, 0.25) is 11.9 Å². The van der Waals surface area contributed by atoms with Crippen molar-refractivity contribution in [2.24, 2.45) is 0 Å². The van der Waals surface area contributed by atoms with Crippen molar-refractivity contribution < 1.29 is 23.8 Å². The van der Waals surface area contributed by atoms with Crippen LogP contribution in [0.15, 0.2) is 79.0 Å². The fourth-order valence-electron chi connectivity index (χ4n) is 3.89. The van der Waals surface area contributed by atoms with Crippen LogP contribution in [0, 0.1) is 0 Å². The third kappa shape index (κ3) is 5.95. The molecule has 196 valence electrons. The van der Waals surface area contributed by atoms with Crippen LogP contribution in [0.3, 0.4) is 0 Å². The van der Waals surface area contributed by atoms with Gasteiger partial charge in [-0.3, -0.25) is 19.5 Å². The van der Waals surface area contributed by atoms with Gasteiger partial charge in [-0.15, -0.1) is 0 Å². The van der Waals surface area contributed by atoms with Crippen LogP contribution in [-0.2, 0) is 4.79 Å². The number of ether oxygens (including phenoxy) is 3. The van der Waals surface area contributed by atoms with Crippen molar-refractivity contribution in [3.63, 3.8) is 0 Å². The Hall–Kier alpha value is -4.79. The molecule has 0 aliphatic carbocycles. The first-order valence-corrected chi connectivity index (χ1v) is 12.1. The van der Waals surface area contributed by atoms with E-state index >= 15 is 0 Å². The van der Waals surface area contributed by atoms with Gasteiger partial charge in [-0.2, -0.15) is 0 Å². The zero-order chi connectivity index (χ0) is 27.1. The number of nitrogens with one attached hydrogen (secondary N) is 1. The summed E-state index contributed by atoms with van der Waals surface area (Å²) in [6.45, 7) is 2.06. The topological polar surface area (TPSA) is 94.9 Å². The Bertz CT molecular complexity index is 1380. The van der Waals surface area contributed by atoms with Crippen molar-refractivity contribution in [1.82, 2.24) is 14.5 Å². The van der Waals surface area contributed by atoms with Crippen LogP contribution in [0.4, 0.5) is 5.95 Å². The van der Waals surface area contributed by atoms with Crippen LogP contribution in [0.25, 0.3) is 16.9 Å². The van der Waals surface area contributed by atoms with Crippen LogP contribution in [0.2, 0.25) is 0 Å². The number of hydrogen-bond donors (Lipinski definition) is 1. The quantitative estimate of drug-likeness (QED) is 0.331. The van der Waals surface area contributed by atoms with E-state index in [2.05, 4.69) is 5.32 Å². The molecule has 1 aromatic heterocycles. The first-order valence-electron chi connectivity index (χ1n) is 12.1. The monoisotopic (exact) mass is 514 g/mol. The highest BCUT2D eigenvalue weighted by atomic mass is 16.5. The molecule has 0 aliphatic heterocycles. The molecule has 0 atom stereocenters. The average Bonchev–Trinajstić information content (AvgIpc) is 3.39. The van der Waals surface area contributed by atoms with Crippen LogP contribution >= 0.6 is 0 Å². The maximum Gasteiger partial charge on any atom is 0.254 e. The van der Waals surface area contributed by atoms with E-state index in [1.165, 1.54) is 4.90 Å². The lowest BCUT2D eigenvalue weighted by atomic mass is 10.1. The first kappa shape index (κ1) is 26.3. The number of hydrogen-bond acceptors (Lipinski definition) is 6. The van der Waals surface area contributed by atoms with Gasteiger partial charge in [0, 0.05) is 29.6 Å². The molecule has 0 radical (unpaired) electrons. The minimum absolute atomic E-state index is 0.130. The Labute approximate surface area is 221 Å². The fraction of sp³-hybridized carbons (Fsp3) is 0.207. The Morgan fingerprint density at radius 1 is 0.816 bits per heavy atom. The normalized spacial score (nSPS) is 10.5. The summed E-state index contributed by atoms with van der Waals surface area (Å²) in [4.78, 5) is 32.3. The highest BCUT2D eigenvalue weighted by molar-refractivity contribution is 5.99. The highest BCUT2D eigenvalue weighted by Crippen LogP contribution is 2.27. The molecule has 2 amide bonds. The van der Waals surface area contributed by atoms with Gasteiger partial charge in [0.25, 0.3) is 5.91 Å². The Morgan fingerprint density at radius 3 is 1.87 bits per heavy atom. The third-order valence-electron chi connectivity index (χ3n) is 6.03. The van der Waals surface area contributed by atoms with Crippen LogP contribution in [0.1, 0.15) is 17.3 Å². The van der Waals surface area contributed by atoms with Gasteiger partial charge in [-0.1, -0.05) is 0 Å². The predicted molar refractivity (Wildman–Crippen MR) is 145 cm³/mol. The number of methoxy groups -OCH3 is 3. The zero-order valence-corrected chi connectivity index (χ0v) is 21.8. The number of imidazole rings is 1. The van der Waals surface area contributed by atoms with E-state index in [4.69, 9.17) is 19.2 Å². The molecule has 4 aromatic rings. The van der Waals surface area contributed by atoms with Gasteiger partial charge >= 0.3 is 0 Å². The summed E-state index contributed by atoms with van der Waals surface area (Å²) in [5.74, 6) is 1.82. The Kier molecular flexibility index (Phi) is 8.27. The molecule has 0 fully saturated rings. The number of likely N-dealkylation sites (N-methyl/N-ethyl adjacent to an activating group) is 1. The minimum Gasteiger partial charge on any atom is -0.497 e. The number of carbonyl (C=O) groups is 2. The number of anilines is 1. The molecular weight excluding hydrogens is 484 g/mol. The summed E-state index contributed by atoms with van der Waals surface area (Å²) in [6.07, 6.45) is 1.85. The molecule has 0 spiro atoms. The average molecular weight is 515 g/mol. The molecule has 38 heavy (non-hydrogen) atoms.